The average molecular weight is 259 g/mol. The Kier molecular flexibility index (Phi) is 3.75. The Morgan fingerprint density at radius 3 is 2.68 bits per heavy atom. The van der Waals surface area contributed by atoms with Crippen LogP contribution < -0.4 is 5.32 Å². The fourth-order valence-corrected chi connectivity index (χ4v) is 1.80. The van der Waals surface area contributed by atoms with Crippen LogP contribution in [0, 0.1) is 0 Å². The van der Waals surface area contributed by atoms with Crippen molar-refractivity contribution in [2.75, 3.05) is 12.4 Å². The Morgan fingerprint density at radius 2 is 2.00 bits per heavy atom. The lowest BCUT2D eigenvalue weighted by Gasteiger charge is -1.98. The molecule has 0 aromatic heterocycles. The number of ketones is 2. The molecule has 0 atom stereocenters. The number of esters is 1. The van der Waals surface area contributed by atoms with Gasteiger partial charge in [0.1, 0.15) is 0 Å². The van der Waals surface area contributed by atoms with Crippen LogP contribution in [0.4, 0.5) is 5.69 Å². The van der Waals surface area contributed by atoms with Gasteiger partial charge in [-0.1, -0.05) is 12.1 Å². The molecule has 1 aliphatic heterocycles. The molecular formula is C14H13NO4. The Balaban J connectivity index is 2.04. The summed E-state index contributed by atoms with van der Waals surface area (Å²) < 4.78 is 4.45. The van der Waals surface area contributed by atoms with Crippen molar-refractivity contribution < 1.29 is 19.1 Å². The first-order valence-corrected chi connectivity index (χ1v) is 5.84. The number of hydrogen-bond donors (Lipinski definition) is 1. The number of carbonyl (C=O) groups excluding carboxylic acids is 3. The van der Waals surface area contributed by atoms with E-state index in [1.165, 1.54) is 13.2 Å². The highest BCUT2D eigenvalue weighted by Gasteiger charge is 2.24. The molecule has 1 aromatic rings. The van der Waals surface area contributed by atoms with Crippen molar-refractivity contribution >= 4 is 23.2 Å². The van der Waals surface area contributed by atoms with E-state index in [9.17, 15) is 14.4 Å². The summed E-state index contributed by atoms with van der Waals surface area (Å²) in [5.41, 5.74) is 1.49. The Hall–Kier alpha value is -2.43. The Bertz CT molecular complexity index is 575. The van der Waals surface area contributed by atoms with Gasteiger partial charge in [-0.15, -0.1) is 0 Å². The van der Waals surface area contributed by atoms with Crippen molar-refractivity contribution in [3.63, 3.8) is 0 Å². The zero-order chi connectivity index (χ0) is 13.8. The largest absolute Gasteiger partial charge is 0.469 e. The third-order valence-corrected chi connectivity index (χ3v) is 2.79. The molecule has 0 fully saturated rings. The number of methoxy groups -OCH3 is 1. The van der Waals surface area contributed by atoms with E-state index in [0.717, 1.165) is 0 Å². The molecule has 0 saturated heterocycles. The van der Waals surface area contributed by atoms with E-state index in [1.54, 1.807) is 24.3 Å². The molecule has 0 amide bonds. The molecule has 1 aromatic carbocycles. The molecule has 2 rings (SSSR count). The van der Waals surface area contributed by atoms with E-state index in [1.807, 2.05) is 0 Å². The van der Waals surface area contributed by atoms with E-state index in [-0.39, 0.29) is 30.1 Å². The van der Waals surface area contributed by atoms with Crippen LogP contribution in [0.5, 0.6) is 0 Å². The quantitative estimate of drug-likeness (QED) is 0.658. The van der Waals surface area contributed by atoms with Crippen molar-refractivity contribution in [1.29, 1.82) is 0 Å². The van der Waals surface area contributed by atoms with Gasteiger partial charge in [-0.25, -0.2) is 0 Å². The molecule has 0 spiro atoms. The van der Waals surface area contributed by atoms with Gasteiger partial charge in [0.2, 0.25) is 5.78 Å². The molecule has 0 unspecified atom stereocenters. The number of anilines is 1. The van der Waals surface area contributed by atoms with E-state index in [4.69, 9.17) is 0 Å². The van der Waals surface area contributed by atoms with Gasteiger partial charge in [0, 0.05) is 23.7 Å². The van der Waals surface area contributed by atoms with Gasteiger partial charge >= 0.3 is 5.97 Å². The van der Waals surface area contributed by atoms with Gasteiger partial charge in [-0.2, -0.15) is 0 Å². The van der Waals surface area contributed by atoms with Crippen LogP contribution in [0.25, 0.3) is 0 Å². The van der Waals surface area contributed by atoms with E-state index < -0.39 is 5.97 Å². The Morgan fingerprint density at radius 1 is 1.26 bits per heavy atom. The maximum Gasteiger partial charge on any atom is 0.305 e. The molecule has 1 N–H and O–H groups in total. The fraction of sp³-hybridized carbons (Fsp3) is 0.214. The maximum absolute atomic E-state index is 12.0. The van der Waals surface area contributed by atoms with Gasteiger partial charge in [0.05, 0.1) is 19.2 Å². The predicted molar refractivity (Wildman–Crippen MR) is 68.7 cm³/mol. The topological polar surface area (TPSA) is 72.5 Å². The highest BCUT2D eigenvalue weighted by molar-refractivity contribution is 6.20. The molecule has 98 valence electrons. The third kappa shape index (κ3) is 2.88. The minimum absolute atomic E-state index is 0.0141. The normalized spacial score (nSPS) is 15.0. The first-order valence-electron chi connectivity index (χ1n) is 5.84. The van der Waals surface area contributed by atoms with Crippen molar-refractivity contribution in [3.8, 4) is 0 Å². The SMILES string of the molecule is COC(=O)CCC(=O)C=C1Nc2ccccc2C1=O. The van der Waals surface area contributed by atoms with Crippen LogP contribution in [0.15, 0.2) is 36.0 Å². The van der Waals surface area contributed by atoms with Crippen LogP contribution in [0.3, 0.4) is 0 Å². The molecule has 19 heavy (non-hydrogen) atoms. The van der Waals surface area contributed by atoms with Crippen LogP contribution in [0.1, 0.15) is 23.2 Å². The summed E-state index contributed by atoms with van der Waals surface area (Å²) in [6, 6.07) is 7.04. The minimum atomic E-state index is -0.444. The molecule has 1 heterocycles. The molecule has 0 bridgehead atoms. The third-order valence-electron chi connectivity index (χ3n) is 2.79. The molecule has 5 nitrogen and oxygen atoms in total. The van der Waals surface area contributed by atoms with Crippen LogP contribution in [-0.2, 0) is 14.3 Å². The first-order chi connectivity index (χ1) is 9.11. The zero-order valence-corrected chi connectivity index (χ0v) is 10.4. The molecule has 1 aliphatic rings. The number of carbonyl (C=O) groups is 3. The molecule has 0 radical (unpaired) electrons. The van der Waals surface area contributed by atoms with E-state index in [2.05, 4.69) is 10.1 Å². The van der Waals surface area contributed by atoms with E-state index >= 15 is 0 Å². The van der Waals surface area contributed by atoms with Gasteiger partial charge in [-0.3, -0.25) is 14.4 Å². The standard InChI is InChI=1S/C14H13NO4/c1-19-13(17)7-6-9(16)8-12-14(18)10-4-2-3-5-11(10)15-12/h2-5,8,15H,6-7H2,1H3. The number of allylic oxidation sites excluding steroid dienone is 2. The van der Waals surface area contributed by atoms with Crippen molar-refractivity contribution in [1.82, 2.24) is 0 Å². The summed E-state index contributed by atoms with van der Waals surface area (Å²) in [4.78, 5) is 34.5. The summed E-state index contributed by atoms with van der Waals surface area (Å²) in [6.07, 6.45) is 1.28. The summed E-state index contributed by atoms with van der Waals surface area (Å²) >= 11 is 0. The van der Waals surface area contributed by atoms with Crippen molar-refractivity contribution in [2.24, 2.45) is 0 Å². The second-order valence-electron chi connectivity index (χ2n) is 4.10. The number of Topliss-reactive ketones (excluding diaryl/α,β-unsaturated/α-hetero) is 1. The number of hydrogen-bond acceptors (Lipinski definition) is 5. The first kappa shape index (κ1) is 13.0. The highest BCUT2D eigenvalue weighted by atomic mass is 16.5. The second kappa shape index (κ2) is 5.48. The second-order valence-corrected chi connectivity index (χ2v) is 4.10. The van der Waals surface area contributed by atoms with Gasteiger partial charge in [0.25, 0.3) is 0 Å². The number of ether oxygens (including phenoxy) is 1. The summed E-state index contributed by atoms with van der Waals surface area (Å²) in [7, 11) is 1.27. The van der Waals surface area contributed by atoms with Crippen LogP contribution >= 0.6 is 0 Å². The average Bonchev–Trinajstić information content (AvgIpc) is 2.73. The summed E-state index contributed by atoms with van der Waals surface area (Å²) in [5.74, 6) is -0.934. The van der Waals surface area contributed by atoms with Gasteiger partial charge in [0.15, 0.2) is 5.78 Å². The van der Waals surface area contributed by atoms with Crippen LogP contribution in [-0.4, -0.2) is 24.6 Å². The minimum Gasteiger partial charge on any atom is -0.469 e. The van der Waals surface area contributed by atoms with Gasteiger partial charge < -0.3 is 10.1 Å². The number of rotatable bonds is 4. The molecular weight excluding hydrogens is 246 g/mol. The molecule has 5 heteroatoms. The van der Waals surface area contributed by atoms with E-state index in [0.29, 0.717) is 11.3 Å². The lowest BCUT2D eigenvalue weighted by atomic mass is 10.1. The fourth-order valence-electron chi connectivity index (χ4n) is 1.80. The lowest BCUT2D eigenvalue weighted by Crippen LogP contribution is -2.07. The van der Waals surface area contributed by atoms with Crippen molar-refractivity contribution in [2.45, 2.75) is 12.8 Å². The number of fused-ring (bicyclic) bond motifs is 1. The maximum atomic E-state index is 12.0. The van der Waals surface area contributed by atoms with Crippen molar-refractivity contribution in [3.05, 3.63) is 41.6 Å². The number of nitrogens with one attached hydrogen (secondary N) is 1. The predicted octanol–water partition coefficient (Wildman–Crippen LogP) is 1.70. The highest BCUT2D eigenvalue weighted by Crippen LogP contribution is 2.27. The zero-order valence-electron chi connectivity index (χ0n) is 10.4. The smallest absolute Gasteiger partial charge is 0.305 e. The monoisotopic (exact) mass is 259 g/mol. The summed E-state index contributed by atoms with van der Waals surface area (Å²) in [5, 5.41) is 2.89. The molecule has 0 saturated carbocycles. The summed E-state index contributed by atoms with van der Waals surface area (Å²) in [6.45, 7) is 0. The molecule has 0 aliphatic carbocycles. The lowest BCUT2D eigenvalue weighted by molar-refractivity contribution is -0.141. The van der Waals surface area contributed by atoms with Gasteiger partial charge in [-0.05, 0) is 12.1 Å². The van der Waals surface area contributed by atoms with Crippen LogP contribution in [0.2, 0.25) is 0 Å². The number of para-hydroxylation sites is 1. The Labute approximate surface area is 110 Å². The number of benzene rings is 1.